The quantitative estimate of drug-likeness (QED) is 0.456. The summed E-state index contributed by atoms with van der Waals surface area (Å²) in [5.74, 6) is 2.07. The molecule has 1 heterocycles. The highest BCUT2D eigenvalue weighted by atomic mass is 32.1. The van der Waals surface area contributed by atoms with Gasteiger partial charge in [0.25, 0.3) is 0 Å². The summed E-state index contributed by atoms with van der Waals surface area (Å²) in [6.45, 7) is 1.97. The lowest BCUT2D eigenvalue weighted by atomic mass is 10.1. The largest absolute Gasteiger partial charge is 0.493 e. The Bertz CT molecular complexity index is 1080. The average Bonchev–Trinajstić information content (AvgIpc) is 3.12. The molecule has 29 heavy (non-hydrogen) atoms. The molecule has 0 saturated heterocycles. The number of H-pyrrole nitrogens is 1. The third-order valence-electron chi connectivity index (χ3n) is 4.14. The van der Waals surface area contributed by atoms with Crippen LogP contribution in [-0.2, 0) is 0 Å². The monoisotopic (exact) mass is 410 g/mol. The summed E-state index contributed by atoms with van der Waals surface area (Å²) in [6.07, 6.45) is 3.77. The van der Waals surface area contributed by atoms with Crippen molar-refractivity contribution < 1.29 is 14.2 Å². The summed E-state index contributed by atoms with van der Waals surface area (Å²) in [5.41, 5.74) is 2.78. The summed E-state index contributed by atoms with van der Waals surface area (Å²) < 4.78 is 18.2. The van der Waals surface area contributed by atoms with Crippen LogP contribution in [0.15, 0.2) is 53.1 Å². The van der Waals surface area contributed by atoms with Crippen LogP contribution in [-0.4, -0.2) is 42.4 Å². The van der Waals surface area contributed by atoms with Gasteiger partial charge in [-0.15, -0.1) is 0 Å². The minimum Gasteiger partial charge on any atom is -0.493 e. The number of aromatic nitrogens is 3. The number of ether oxygens (including phenoxy) is 3. The molecule has 7 nitrogen and oxygen atoms in total. The molecule has 0 aliphatic rings. The van der Waals surface area contributed by atoms with Crippen molar-refractivity contribution in [2.75, 3.05) is 21.3 Å². The second-order valence-electron chi connectivity index (χ2n) is 6.12. The van der Waals surface area contributed by atoms with Gasteiger partial charge in [-0.1, -0.05) is 36.4 Å². The summed E-state index contributed by atoms with van der Waals surface area (Å²) in [4.78, 5) is 0. The van der Waals surface area contributed by atoms with Crippen molar-refractivity contribution >= 4 is 24.5 Å². The zero-order chi connectivity index (χ0) is 20.8. The molecule has 1 aromatic heterocycles. The van der Waals surface area contributed by atoms with Crippen molar-refractivity contribution in [1.82, 2.24) is 14.9 Å². The highest BCUT2D eigenvalue weighted by Gasteiger charge is 2.17. The van der Waals surface area contributed by atoms with Crippen LogP contribution in [0.2, 0.25) is 0 Å². The molecule has 0 bridgehead atoms. The van der Waals surface area contributed by atoms with Crippen LogP contribution in [0.25, 0.3) is 17.5 Å². The second-order valence-corrected chi connectivity index (χ2v) is 6.51. The number of allylic oxidation sites excluding steroid dienone is 1. The average molecular weight is 410 g/mol. The van der Waals surface area contributed by atoms with E-state index in [0.29, 0.717) is 33.4 Å². The fourth-order valence-electron chi connectivity index (χ4n) is 2.79. The van der Waals surface area contributed by atoms with E-state index in [0.717, 1.165) is 11.1 Å². The van der Waals surface area contributed by atoms with E-state index in [1.165, 1.54) is 0 Å². The Kier molecular flexibility index (Phi) is 6.46. The minimum atomic E-state index is 0.373. The molecular formula is C21H22N4O3S. The molecule has 8 heteroatoms. The van der Waals surface area contributed by atoms with Gasteiger partial charge in [0.05, 0.1) is 27.5 Å². The molecule has 0 radical (unpaired) electrons. The Hall–Kier alpha value is -3.39. The maximum atomic E-state index is 5.43. The molecule has 150 valence electrons. The van der Waals surface area contributed by atoms with E-state index < -0.39 is 0 Å². The van der Waals surface area contributed by atoms with E-state index in [-0.39, 0.29) is 0 Å². The van der Waals surface area contributed by atoms with Crippen LogP contribution in [0.1, 0.15) is 12.5 Å². The smallest absolute Gasteiger partial charge is 0.216 e. The van der Waals surface area contributed by atoms with Crippen molar-refractivity contribution in [3.8, 4) is 28.6 Å². The summed E-state index contributed by atoms with van der Waals surface area (Å²) in [5, 5.41) is 11.6. The number of rotatable bonds is 7. The molecule has 0 amide bonds. The maximum Gasteiger partial charge on any atom is 0.216 e. The Morgan fingerprint density at radius 2 is 1.72 bits per heavy atom. The highest BCUT2D eigenvalue weighted by molar-refractivity contribution is 7.71. The van der Waals surface area contributed by atoms with Gasteiger partial charge in [-0.3, -0.25) is 0 Å². The van der Waals surface area contributed by atoms with Crippen LogP contribution >= 0.6 is 12.2 Å². The van der Waals surface area contributed by atoms with Crippen molar-refractivity contribution in [3.63, 3.8) is 0 Å². The van der Waals surface area contributed by atoms with E-state index in [4.69, 9.17) is 26.4 Å². The van der Waals surface area contributed by atoms with Crippen LogP contribution in [0.5, 0.6) is 17.2 Å². The van der Waals surface area contributed by atoms with Crippen molar-refractivity contribution in [2.24, 2.45) is 5.10 Å². The first-order valence-corrected chi connectivity index (χ1v) is 9.23. The molecule has 0 aliphatic heterocycles. The van der Waals surface area contributed by atoms with E-state index >= 15 is 0 Å². The molecule has 3 rings (SSSR count). The maximum absolute atomic E-state index is 5.43. The van der Waals surface area contributed by atoms with Crippen molar-refractivity contribution in [1.29, 1.82) is 0 Å². The lowest BCUT2D eigenvalue weighted by molar-refractivity contribution is 0.324. The van der Waals surface area contributed by atoms with Gasteiger partial charge in [0.15, 0.2) is 17.3 Å². The first kappa shape index (κ1) is 20.3. The third kappa shape index (κ3) is 4.55. The zero-order valence-electron chi connectivity index (χ0n) is 16.7. The number of hydrogen-bond donors (Lipinski definition) is 1. The Morgan fingerprint density at radius 1 is 1.07 bits per heavy atom. The SMILES string of the molecule is COc1cc(-c2n[nH]c(=S)n2/N=C\C(C)=C\c2ccccc2)cc(OC)c1OC. The molecule has 1 N–H and O–H groups in total. The predicted octanol–water partition coefficient (Wildman–Crippen LogP) is 4.57. The summed E-state index contributed by atoms with van der Waals surface area (Å²) >= 11 is 5.35. The van der Waals surface area contributed by atoms with E-state index in [9.17, 15) is 0 Å². The fourth-order valence-corrected chi connectivity index (χ4v) is 2.97. The zero-order valence-corrected chi connectivity index (χ0v) is 17.5. The molecule has 0 atom stereocenters. The fraction of sp³-hybridized carbons (Fsp3) is 0.190. The van der Waals surface area contributed by atoms with Crippen LogP contribution in [0.4, 0.5) is 0 Å². The van der Waals surface area contributed by atoms with E-state index in [1.54, 1.807) is 44.4 Å². The van der Waals surface area contributed by atoms with Gasteiger partial charge in [-0.25, -0.2) is 5.10 Å². The number of methoxy groups -OCH3 is 3. The molecule has 2 aromatic carbocycles. The number of hydrogen-bond acceptors (Lipinski definition) is 6. The molecular weight excluding hydrogens is 388 g/mol. The van der Waals surface area contributed by atoms with Gasteiger partial charge >= 0.3 is 0 Å². The van der Waals surface area contributed by atoms with Crippen LogP contribution in [0.3, 0.4) is 0 Å². The normalized spacial score (nSPS) is 11.7. The van der Waals surface area contributed by atoms with E-state index in [2.05, 4.69) is 15.3 Å². The Balaban J connectivity index is 2.00. The predicted molar refractivity (Wildman–Crippen MR) is 116 cm³/mol. The van der Waals surface area contributed by atoms with Gasteiger partial charge in [0.1, 0.15) is 0 Å². The first-order chi connectivity index (χ1) is 14.1. The molecule has 3 aromatic rings. The summed E-state index contributed by atoms with van der Waals surface area (Å²) in [6, 6.07) is 13.6. The molecule has 0 fully saturated rings. The van der Waals surface area contributed by atoms with Crippen molar-refractivity contribution in [3.05, 3.63) is 58.4 Å². The van der Waals surface area contributed by atoms with Gasteiger partial charge < -0.3 is 14.2 Å². The highest BCUT2D eigenvalue weighted by Crippen LogP contribution is 2.40. The van der Waals surface area contributed by atoms with Gasteiger partial charge in [-0.05, 0) is 42.4 Å². The molecule has 0 saturated carbocycles. The van der Waals surface area contributed by atoms with E-state index in [1.807, 2.05) is 43.3 Å². The third-order valence-corrected chi connectivity index (χ3v) is 4.41. The van der Waals surface area contributed by atoms with Crippen LogP contribution < -0.4 is 14.2 Å². The van der Waals surface area contributed by atoms with Crippen LogP contribution in [0, 0.1) is 4.77 Å². The molecule has 0 spiro atoms. The Labute approximate surface area is 174 Å². The van der Waals surface area contributed by atoms with Gasteiger partial charge in [0.2, 0.25) is 10.5 Å². The standard InChI is InChI=1S/C21H22N4O3S/c1-14(10-15-8-6-5-7-9-15)13-22-25-20(23-24-21(25)29)16-11-17(26-2)19(28-4)18(12-16)27-3/h5-13H,1-4H3,(H,24,29)/b14-10+,22-13-. The topological polar surface area (TPSA) is 73.7 Å². The second kappa shape index (κ2) is 9.20. The summed E-state index contributed by atoms with van der Waals surface area (Å²) in [7, 11) is 4.68. The molecule has 0 aliphatic carbocycles. The van der Waals surface area contributed by atoms with Gasteiger partial charge in [0, 0.05) is 5.56 Å². The molecule has 0 unspecified atom stereocenters. The number of nitrogens with zero attached hydrogens (tertiary/aromatic N) is 3. The minimum absolute atomic E-state index is 0.373. The number of aromatic amines is 1. The number of benzene rings is 2. The van der Waals surface area contributed by atoms with Gasteiger partial charge in [-0.2, -0.15) is 14.9 Å². The van der Waals surface area contributed by atoms with Crippen molar-refractivity contribution in [2.45, 2.75) is 6.92 Å². The number of nitrogens with one attached hydrogen (secondary N) is 1. The first-order valence-electron chi connectivity index (χ1n) is 8.83. The lowest BCUT2D eigenvalue weighted by Gasteiger charge is -2.13. The lowest BCUT2D eigenvalue weighted by Crippen LogP contribution is -1.99. The Morgan fingerprint density at radius 3 is 2.31 bits per heavy atom.